The van der Waals surface area contributed by atoms with Gasteiger partial charge in [0.05, 0.1) is 22.7 Å². The van der Waals surface area contributed by atoms with Crippen molar-refractivity contribution in [2.45, 2.75) is 31.8 Å². The van der Waals surface area contributed by atoms with Gasteiger partial charge in [-0.15, -0.1) is 10.2 Å². The number of rotatable bonds is 4. The molecule has 5 aromatic rings. The molecule has 0 saturated heterocycles. The Labute approximate surface area is 208 Å². The lowest BCUT2D eigenvalue weighted by Crippen LogP contribution is -2.51. The largest absolute Gasteiger partial charge is 0.342 e. The second kappa shape index (κ2) is 8.40. The Morgan fingerprint density at radius 3 is 2.57 bits per heavy atom. The van der Waals surface area contributed by atoms with Crippen LogP contribution in [-0.4, -0.2) is 25.2 Å². The molecular formula is C28H24ClN5O. The van der Waals surface area contributed by atoms with E-state index in [1.807, 2.05) is 24.3 Å². The molecule has 0 aliphatic carbocycles. The van der Waals surface area contributed by atoms with Gasteiger partial charge >= 0.3 is 0 Å². The molecule has 0 unspecified atom stereocenters. The molecule has 3 aromatic carbocycles. The van der Waals surface area contributed by atoms with E-state index in [2.05, 4.69) is 63.4 Å². The van der Waals surface area contributed by atoms with Crippen LogP contribution in [0.4, 0.5) is 0 Å². The van der Waals surface area contributed by atoms with E-state index in [1.165, 1.54) is 22.2 Å². The molecule has 6 nitrogen and oxygen atoms in total. The number of aryl methyl sites for hydroxylation is 2. The summed E-state index contributed by atoms with van der Waals surface area (Å²) in [5, 5.41) is 12.7. The van der Waals surface area contributed by atoms with Crippen molar-refractivity contribution in [2.75, 3.05) is 0 Å². The number of nitrogens with zero attached hydrogens (tertiary/aromatic N) is 4. The lowest BCUT2D eigenvalue weighted by molar-refractivity contribution is 0.0868. The van der Waals surface area contributed by atoms with E-state index in [0.717, 1.165) is 24.1 Å². The topological polar surface area (TPSA) is 64.7 Å². The van der Waals surface area contributed by atoms with Gasteiger partial charge < -0.3 is 9.88 Å². The van der Waals surface area contributed by atoms with E-state index in [0.29, 0.717) is 17.1 Å². The highest BCUT2D eigenvalue weighted by Crippen LogP contribution is 2.37. The van der Waals surface area contributed by atoms with E-state index in [1.54, 1.807) is 29.4 Å². The Hall–Kier alpha value is -3.90. The van der Waals surface area contributed by atoms with Crippen LogP contribution in [0.25, 0.3) is 16.6 Å². The lowest BCUT2D eigenvalue weighted by Gasteiger charge is -2.40. The molecule has 1 aliphatic heterocycles. The van der Waals surface area contributed by atoms with Crippen molar-refractivity contribution in [2.24, 2.45) is 0 Å². The zero-order valence-corrected chi connectivity index (χ0v) is 20.0. The fourth-order valence-electron chi connectivity index (χ4n) is 5.17. The number of carbonyl (C=O) groups is 1. The van der Waals surface area contributed by atoms with E-state index < -0.39 is 5.54 Å². The molecule has 35 heavy (non-hydrogen) atoms. The zero-order chi connectivity index (χ0) is 24.0. The predicted molar refractivity (Wildman–Crippen MR) is 137 cm³/mol. The fourth-order valence-corrected chi connectivity index (χ4v) is 5.43. The van der Waals surface area contributed by atoms with Crippen LogP contribution in [-0.2, 0) is 18.5 Å². The van der Waals surface area contributed by atoms with Crippen molar-refractivity contribution < 1.29 is 4.79 Å². The lowest BCUT2D eigenvalue weighted by atomic mass is 9.82. The number of fused-ring (bicyclic) bond motifs is 3. The predicted octanol–water partition coefficient (Wildman–Crippen LogP) is 5.46. The maximum absolute atomic E-state index is 13.6. The van der Waals surface area contributed by atoms with Crippen LogP contribution in [0.3, 0.4) is 0 Å². The molecular weight excluding hydrogens is 458 g/mol. The normalized spacial score (nSPS) is 17.3. The summed E-state index contributed by atoms with van der Waals surface area (Å²) in [6, 6.07) is 24.4. The van der Waals surface area contributed by atoms with Crippen LogP contribution in [0.5, 0.6) is 0 Å². The Morgan fingerprint density at radius 2 is 1.80 bits per heavy atom. The first kappa shape index (κ1) is 21.6. The Bertz CT molecular complexity index is 1540. The number of hydrogen-bond donors (Lipinski definition) is 1. The van der Waals surface area contributed by atoms with Crippen LogP contribution in [0.1, 0.15) is 33.6 Å². The van der Waals surface area contributed by atoms with Crippen molar-refractivity contribution in [1.82, 2.24) is 24.6 Å². The highest BCUT2D eigenvalue weighted by Gasteiger charge is 2.38. The quantitative estimate of drug-likeness (QED) is 0.371. The molecule has 3 heterocycles. The van der Waals surface area contributed by atoms with Gasteiger partial charge in [0, 0.05) is 22.3 Å². The van der Waals surface area contributed by atoms with Gasteiger partial charge in [0.2, 0.25) is 0 Å². The highest BCUT2D eigenvalue weighted by atomic mass is 35.5. The molecule has 1 atom stereocenters. The summed E-state index contributed by atoms with van der Waals surface area (Å²) in [5.74, 6) is -0.190. The third kappa shape index (κ3) is 3.80. The second-order valence-electron chi connectivity index (χ2n) is 9.22. The van der Waals surface area contributed by atoms with Crippen molar-refractivity contribution >= 4 is 28.4 Å². The number of benzene rings is 3. The molecule has 1 N–H and O–H groups in total. The molecule has 2 aromatic heterocycles. The number of hydrogen-bond acceptors (Lipinski definition) is 3. The molecule has 0 bridgehead atoms. The number of aromatic nitrogens is 4. The van der Waals surface area contributed by atoms with Crippen LogP contribution >= 0.6 is 11.6 Å². The Morgan fingerprint density at radius 1 is 1.00 bits per heavy atom. The summed E-state index contributed by atoms with van der Waals surface area (Å²) >= 11 is 6.59. The minimum atomic E-state index is -0.557. The highest BCUT2D eigenvalue weighted by molar-refractivity contribution is 6.34. The minimum Gasteiger partial charge on any atom is -0.342 e. The van der Waals surface area contributed by atoms with Crippen molar-refractivity contribution in [1.29, 1.82) is 0 Å². The van der Waals surface area contributed by atoms with E-state index in [9.17, 15) is 4.79 Å². The zero-order valence-electron chi connectivity index (χ0n) is 19.3. The number of amides is 1. The first-order chi connectivity index (χ1) is 17.0. The van der Waals surface area contributed by atoms with Crippen LogP contribution < -0.4 is 5.32 Å². The fraction of sp³-hybridized carbons (Fsp3) is 0.179. The van der Waals surface area contributed by atoms with E-state index >= 15 is 0 Å². The molecule has 0 saturated carbocycles. The monoisotopic (exact) mass is 481 g/mol. The third-order valence-corrected chi connectivity index (χ3v) is 7.28. The smallest absolute Gasteiger partial charge is 0.253 e. The number of carbonyl (C=O) groups excluding carboxylic acids is 1. The molecule has 0 radical (unpaired) electrons. The molecule has 0 fully saturated rings. The number of halogens is 1. The SMILES string of the molecule is Cc1ccc2c(c1)cc1n2C[C@@](NC(=O)c2ccc(-n3cnnc3)cc2Cl)(c2ccccc2)CC1. The van der Waals surface area contributed by atoms with Gasteiger partial charge in [-0.25, -0.2) is 0 Å². The second-order valence-corrected chi connectivity index (χ2v) is 9.63. The minimum absolute atomic E-state index is 0.190. The van der Waals surface area contributed by atoms with E-state index in [-0.39, 0.29) is 5.91 Å². The molecule has 0 spiro atoms. The average molecular weight is 482 g/mol. The summed E-state index contributed by atoms with van der Waals surface area (Å²) in [5.41, 5.74) is 5.50. The molecule has 6 rings (SSSR count). The maximum Gasteiger partial charge on any atom is 0.253 e. The Kier molecular flexibility index (Phi) is 5.19. The van der Waals surface area contributed by atoms with Gasteiger partial charge in [-0.3, -0.25) is 9.36 Å². The molecule has 7 heteroatoms. The molecule has 174 valence electrons. The van der Waals surface area contributed by atoms with Gasteiger partial charge in [0.25, 0.3) is 5.91 Å². The van der Waals surface area contributed by atoms with Crippen molar-refractivity contribution in [3.8, 4) is 5.69 Å². The Balaban J connectivity index is 1.38. The van der Waals surface area contributed by atoms with Crippen LogP contribution in [0.2, 0.25) is 5.02 Å². The maximum atomic E-state index is 13.6. The van der Waals surface area contributed by atoms with Gasteiger partial charge in [-0.1, -0.05) is 53.6 Å². The van der Waals surface area contributed by atoms with Crippen molar-refractivity contribution in [3.05, 3.63) is 113 Å². The van der Waals surface area contributed by atoms with Gasteiger partial charge in [-0.05, 0) is 61.7 Å². The first-order valence-corrected chi connectivity index (χ1v) is 12.0. The standard InChI is InChI=1S/C28H24ClN5O/c1-19-7-10-26-20(13-19)14-23-11-12-28(16-34(23)26,21-5-3-2-4-6-21)32-27(35)24-9-8-22(15-25(24)29)33-17-30-31-18-33/h2-10,13-15,17-18H,11-12,16H2,1H3,(H,32,35)/t28-/m1/s1. The van der Waals surface area contributed by atoms with Gasteiger partial charge in [0.15, 0.2) is 0 Å². The van der Waals surface area contributed by atoms with Crippen LogP contribution in [0, 0.1) is 6.92 Å². The van der Waals surface area contributed by atoms with Gasteiger partial charge in [-0.2, -0.15) is 0 Å². The van der Waals surface area contributed by atoms with Crippen molar-refractivity contribution in [3.63, 3.8) is 0 Å². The third-order valence-electron chi connectivity index (χ3n) is 6.97. The van der Waals surface area contributed by atoms with Crippen LogP contribution in [0.15, 0.2) is 85.5 Å². The number of nitrogens with one attached hydrogen (secondary N) is 1. The first-order valence-electron chi connectivity index (χ1n) is 11.6. The molecule has 1 amide bonds. The van der Waals surface area contributed by atoms with E-state index in [4.69, 9.17) is 11.6 Å². The molecule has 1 aliphatic rings. The summed E-state index contributed by atoms with van der Waals surface area (Å²) in [6.07, 6.45) is 4.86. The summed E-state index contributed by atoms with van der Waals surface area (Å²) < 4.78 is 4.10. The summed E-state index contributed by atoms with van der Waals surface area (Å²) in [6.45, 7) is 2.77. The summed E-state index contributed by atoms with van der Waals surface area (Å²) in [7, 11) is 0. The summed E-state index contributed by atoms with van der Waals surface area (Å²) in [4.78, 5) is 13.6. The average Bonchev–Trinajstić information content (AvgIpc) is 3.52. The van der Waals surface area contributed by atoms with Gasteiger partial charge in [0.1, 0.15) is 12.7 Å².